The van der Waals surface area contributed by atoms with Crippen LogP contribution in [0, 0.1) is 11.3 Å². The van der Waals surface area contributed by atoms with Gasteiger partial charge in [-0.15, -0.1) is 0 Å². The van der Waals surface area contributed by atoms with Gasteiger partial charge in [-0.25, -0.2) is 0 Å². The Kier molecular flexibility index (Phi) is 3.78. The minimum atomic E-state index is -0.321. The van der Waals surface area contributed by atoms with E-state index < -0.39 is 0 Å². The summed E-state index contributed by atoms with van der Waals surface area (Å²) in [4.78, 5) is 12.8. The van der Waals surface area contributed by atoms with Gasteiger partial charge >= 0.3 is 0 Å². The normalized spacial score (nSPS) is 9.13. The Labute approximate surface area is 97.9 Å². The van der Waals surface area contributed by atoms with Crippen molar-refractivity contribution in [2.24, 2.45) is 0 Å². The van der Waals surface area contributed by atoms with Crippen LogP contribution in [0.3, 0.4) is 0 Å². The summed E-state index contributed by atoms with van der Waals surface area (Å²) in [5.41, 5.74) is 0.444. The molecule has 0 unspecified atom stereocenters. The quantitative estimate of drug-likeness (QED) is 0.705. The second-order valence-electron chi connectivity index (χ2n) is 2.79. The topological polar surface area (TPSA) is 44.1 Å². The predicted octanol–water partition coefficient (Wildman–Crippen LogP) is 2.26. The van der Waals surface area contributed by atoms with Crippen LogP contribution in [0.1, 0.15) is 10.4 Å². The smallest absolute Gasteiger partial charge is 0.259 e. The SMILES string of the molecule is CN(C(=O)c1ccc(Cl)cc1)C(=S)C#N. The number of hydrogen-bond donors (Lipinski definition) is 0. The van der Waals surface area contributed by atoms with Crippen LogP contribution >= 0.6 is 23.8 Å². The van der Waals surface area contributed by atoms with Gasteiger partial charge < -0.3 is 0 Å². The fourth-order valence-corrected chi connectivity index (χ4v) is 1.16. The Balaban J connectivity index is 2.91. The highest BCUT2D eigenvalue weighted by Gasteiger charge is 2.14. The molecule has 0 radical (unpaired) electrons. The van der Waals surface area contributed by atoms with Gasteiger partial charge in [0.2, 0.25) is 0 Å². The first-order valence-corrected chi connectivity index (χ1v) is 4.82. The Morgan fingerprint density at radius 2 is 2.00 bits per heavy atom. The first kappa shape index (κ1) is 11.6. The van der Waals surface area contributed by atoms with Crippen LogP contribution in [0.4, 0.5) is 0 Å². The van der Waals surface area contributed by atoms with Crippen LogP contribution in [-0.4, -0.2) is 22.8 Å². The van der Waals surface area contributed by atoms with Crippen molar-refractivity contribution in [2.75, 3.05) is 7.05 Å². The molecule has 0 bridgehead atoms. The number of nitrogens with zero attached hydrogens (tertiary/aromatic N) is 2. The molecular formula is C10H7ClN2OS. The van der Waals surface area contributed by atoms with Gasteiger partial charge in [-0.05, 0) is 36.5 Å². The molecule has 0 N–H and O–H groups in total. The van der Waals surface area contributed by atoms with E-state index in [1.807, 2.05) is 0 Å². The minimum absolute atomic E-state index is 0.0602. The molecule has 15 heavy (non-hydrogen) atoms. The summed E-state index contributed by atoms with van der Waals surface area (Å²) in [7, 11) is 1.46. The van der Waals surface area contributed by atoms with E-state index in [-0.39, 0.29) is 10.9 Å². The summed E-state index contributed by atoms with van der Waals surface area (Å²) in [5, 5.41) is 9.09. The molecule has 5 heteroatoms. The number of carbonyl (C=O) groups is 1. The highest BCUT2D eigenvalue weighted by Crippen LogP contribution is 2.11. The third-order valence-electron chi connectivity index (χ3n) is 1.80. The van der Waals surface area contributed by atoms with E-state index in [1.54, 1.807) is 30.3 Å². The number of benzene rings is 1. The summed E-state index contributed by atoms with van der Waals surface area (Å²) < 4.78 is 0. The first-order chi connectivity index (χ1) is 7.06. The minimum Gasteiger partial charge on any atom is -0.293 e. The van der Waals surface area contributed by atoms with Crippen LogP contribution in [0.25, 0.3) is 0 Å². The Morgan fingerprint density at radius 1 is 1.47 bits per heavy atom. The summed E-state index contributed by atoms with van der Waals surface area (Å²) in [6.07, 6.45) is 0. The average molecular weight is 239 g/mol. The molecule has 0 heterocycles. The number of rotatable bonds is 1. The molecule has 0 saturated carbocycles. The third kappa shape index (κ3) is 2.75. The van der Waals surface area contributed by atoms with Gasteiger partial charge in [0.15, 0.2) is 4.99 Å². The molecule has 0 aromatic heterocycles. The van der Waals surface area contributed by atoms with E-state index in [1.165, 1.54) is 7.05 Å². The van der Waals surface area contributed by atoms with Gasteiger partial charge in [0.05, 0.1) is 0 Å². The van der Waals surface area contributed by atoms with Crippen LogP contribution in [-0.2, 0) is 0 Å². The molecule has 1 amide bonds. The van der Waals surface area contributed by atoms with Crippen LogP contribution in [0.15, 0.2) is 24.3 Å². The van der Waals surface area contributed by atoms with Crippen LogP contribution in [0.2, 0.25) is 5.02 Å². The van der Waals surface area contributed by atoms with Gasteiger partial charge in [-0.2, -0.15) is 5.26 Å². The predicted molar refractivity (Wildman–Crippen MR) is 61.8 cm³/mol. The van der Waals surface area contributed by atoms with Crippen molar-refractivity contribution >= 4 is 34.7 Å². The molecule has 76 valence electrons. The van der Waals surface area contributed by atoms with Crippen LogP contribution in [0.5, 0.6) is 0 Å². The van der Waals surface area contributed by atoms with Crippen molar-refractivity contribution < 1.29 is 4.79 Å². The maximum Gasteiger partial charge on any atom is 0.259 e. The molecule has 0 spiro atoms. The fourth-order valence-electron chi connectivity index (χ4n) is 0.953. The zero-order chi connectivity index (χ0) is 11.4. The molecule has 0 aliphatic heterocycles. The molecule has 0 fully saturated rings. The Morgan fingerprint density at radius 3 is 2.47 bits per heavy atom. The maximum atomic E-state index is 11.7. The van der Waals surface area contributed by atoms with Crippen molar-refractivity contribution in [3.8, 4) is 6.07 Å². The number of halogens is 1. The second-order valence-corrected chi connectivity index (χ2v) is 3.61. The maximum absolute atomic E-state index is 11.7. The standard InChI is InChI=1S/C10H7ClN2OS/c1-13(9(15)6-12)10(14)7-2-4-8(11)5-3-7/h2-5H,1H3. The molecule has 1 rings (SSSR count). The van der Waals surface area contributed by atoms with E-state index in [2.05, 4.69) is 0 Å². The molecule has 0 saturated heterocycles. The average Bonchev–Trinajstić information content (AvgIpc) is 2.27. The number of carbonyl (C=O) groups excluding carboxylic acids is 1. The number of thiocarbonyl (C=S) groups is 1. The Bertz CT molecular complexity index is 436. The van der Waals surface area contributed by atoms with Gasteiger partial charge in [0.1, 0.15) is 6.07 Å². The fraction of sp³-hybridized carbons (Fsp3) is 0.100. The molecule has 1 aromatic rings. The van der Waals surface area contributed by atoms with Gasteiger partial charge in [0, 0.05) is 17.6 Å². The monoisotopic (exact) mass is 238 g/mol. The summed E-state index contributed by atoms with van der Waals surface area (Å²) in [6.45, 7) is 0. The largest absolute Gasteiger partial charge is 0.293 e. The number of nitriles is 1. The van der Waals surface area contributed by atoms with Gasteiger partial charge in [-0.1, -0.05) is 11.6 Å². The molecule has 3 nitrogen and oxygen atoms in total. The van der Waals surface area contributed by atoms with E-state index >= 15 is 0 Å². The molecule has 0 atom stereocenters. The molecule has 1 aromatic carbocycles. The van der Waals surface area contributed by atoms with E-state index in [0.717, 1.165) is 4.90 Å². The highest BCUT2D eigenvalue weighted by molar-refractivity contribution is 7.80. The highest BCUT2D eigenvalue weighted by atomic mass is 35.5. The molecule has 0 aliphatic rings. The van der Waals surface area contributed by atoms with Crippen molar-refractivity contribution in [3.63, 3.8) is 0 Å². The Hall–Kier alpha value is -1.44. The zero-order valence-electron chi connectivity index (χ0n) is 7.90. The summed E-state index contributed by atoms with van der Waals surface area (Å²) >= 11 is 10.4. The third-order valence-corrected chi connectivity index (χ3v) is 2.41. The lowest BCUT2D eigenvalue weighted by molar-refractivity contribution is 0.0874. The van der Waals surface area contributed by atoms with Crippen molar-refractivity contribution in [1.82, 2.24) is 4.90 Å². The van der Waals surface area contributed by atoms with Crippen molar-refractivity contribution in [3.05, 3.63) is 34.9 Å². The van der Waals surface area contributed by atoms with Gasteiger partial charge in [-0.3, -0.25) is 9.69 Å². The molecule has 0 aliphatic carbocycles. The van der Waals surface area contributed by atoms with E-state index in [0.29, 0.717) is 10.6 Å². The second kappa shape index (κ2) is 4.87. The number of amides is 1. The van der Waals surface area contributed by atoms with E-state index in [9.17, 15) is 4.79 Å². The first-order valence-electron chi connectivity index (χ1n) is 4.04. The lowest BCUT2D eigenvalue weighted by Gasteiger charge is -2.13. The molecular weight excluding hydrogens is 232 g/mol. The van der Waals surface area contributed by atoms with Crippen molar-refractivity contribution in [1.29, 1.82) is 5.26 Å². The van der Waals surface area contributed by atoms with Crippen molar-refractivity contribution in [2.45, 2.75) is 0 Å². The van der Waals surface area contributed by atoms with E-state index in [4.69, 9.17) is 29.1 Å². The summed E-state index contributed by atoms with van der Waals surface area (Å²) in [6, 6.07) is 8.12. The lowest BCUT2D eigenvalue weighted by atomic mass is 10.2. The summed E-state index contributed by atoms with van der Waals surface area (Å²) in [5.74, 6) is -0.321. The van der Waals surface area contributed by atoms with Gasteiger partial charge in [0.25, 0.3) is 5.91 Å². The van der Waals surface area contributed by atoms with Crippen LogP contribution < -0.4 is 0 Å². The number of hydrogen-bond acceptors (Lipinski definition) is 3. The lowest BCUT2D eigenvalue weighted by Crippen LogP contribution is -2.30. The zero-order valence-corrected chi connectivity index (χ0v) is 9.47.